The first-order valence-electron chi connectivity index (χ1n) is 12.5. The number of likely N-dealkylation sites (tertiary alicyclic amines) is 1. The fraction of sp³-hybridized carbons (Fsp3) is 0.333. The number of fused-ring (bicyclic) bond motifs is 1. The van der Waals surface area contributed by atoms with Crippen LogP contribution >= 0.6 is 0 Å². The predicted octanol–water partition coefficient (Wildman–Crippen LogP) is 6.27. The smallest absolute Gasteiger partial charge is 0.150 e. The molecule has 2 atom stereocenters. The van der Waals surface area contributed by atoms with E-state index >= 15 is 0 Å². The zero-order valence-corrected chi connectivity index (χ0v) is 20.4. The number of aromatic hydroxyl groups is 2. The highest BCUT2D eigenvalue weighted by Gasteiger charge is 2.29. The minimum absolute atomic E-state index is 0.204. The molecule has 5 heteroatoms. The summed E-state index contributed by atoms with van der Waals surface area (Å²) in [6.45, 7) is 8.32. The van der Waals surface area contributed by atoms with Crippen LogP contribution in [0.25, 0.3) is 11.1 Å². The van der Waals surface area contributed by atoms with Crippen LogP contribution < -0.4 is 9.47 Å². The molecule has 2 aliphatic rings. The van der Waals surface area contributed by atoms with Crippen LogP contribution in [-0.2, 0) is 0 Å². The van der Waals surface area contributed by atoms with E-state index in [1.807, 2.05) is 30.3 Å². The van der Waals surface area contributed by atoms with E-state index in [1.54, 1.807) is 24.3 Å². The molecule has 0 spiro atoms. The summed E-state index contributed by atoms with van der Waals surface area (Å²) in [5.41, 5.74) is 4.90. The van der Waals surface area contributed by atoms with E-state index in [2.05, 4.69) is 30.9 Å². The third-order valence-electron chi connectivity index (χ3n) is 7.26. The van der Waals surface area contributed by atoms with Gasteiger partial charge in [-0.1, -0.05) is 37.6 Å². The second-order valence-electron chi connectivity index (χ2n) is 9.54. The van der Waals surface area contributed by atoms with Gasteiger partial charge < -0.3 is 19.7 Å². The molecular formula is C30H33NO4. The van der Waals surface area contributed by atoms with Crippen LogP contribution in [0.3, 0.4) is 0 Å². The summed E-state index contributed by atoms with van der Waals surface area (Å²) in [4.78, 5) is 2.49. The highest BCUT2D eigenvalue weighted by molar-refractivity contribution is 5.95. The number of nitrogens with zero attached hydrogens (tertiary/aromatic N) is 1. The molecule has 5 rings (SSSR count). The fourth-order valence-corrected chi connectivity index (χ4v) is 5.17. The molecule has 0 aliphatic carbocycles. The molecule has 2 heterocycles. The molecule has 0 amide bonds. The van der Waals surface area contributed by atoms with Crippen LogP contribution in [0.15, 0.2) is 66.7 Å². The van der Waals surface area contributed by atoms with Gasteiger partial charge in [0.1, 0.15) is 35.7 Å². The molecule has 2 aliphatic heterocycles. The van der Waals surface area contributed by atoms with Crippen LogP contribution in [-0.4, -0.2) is 41.4 Å². The molecular weight excluding hydrogens is 438 g/mol. The SMILES string of the molecule is CC[C@@H]1CCN(CCOc2ccc(C3Oc4ccc(O)cc4C(C)=C3c3ccc(O)cc3)cc2)C1. The Balaban J connectivity index is 1.36. The summed E-state index contributed by atoms with van der Waals surface area (Å²) in [6, 6.07) is 20.5. The van der Waals surface area contributed by atoms with Crippen LogP contribution in [0.2, 0.25) is 0 Å². The summed E-state index contributed by atoms with van der Waals surface area (Å²) in [7, 11) is 0. The average Bonchev–Trinajstić information content (AvgIpc) is 3.34. The number of ether oxygens (including phenoxy) is 2. The number of benzene rings is 3. The lowest BCUT2D eigenvalue weighted by atomic mass is 9.86. The molecule has 2 N–H and O–H groups in total. The number of hydrogen-bond donors (Lipinski definition) is 2. The van der Waals surface area contributed by atoms with E-state index in [9.17, 15) is 10.2 Å². The average molecular weight is 472 g/mol. The summed E-state index contributed by atoms with van der Waals surface area (Å²) < 4.78 is 12.5. The van der Waals surface area contributed by atoms with E-state index < -0.39 is 0 Å². The van der Waals surface area contributed by atoms with Crippen LogP contribution in [0.4, 0.5) is 0 Å². The van der Waals surface area contributed by atoms with Crippen molar-refractivity contribution in [3.8, 4) is 23.0 Å². The predicted molar refractivity (Wildman–Crippen MR) is 139 cm³/mol. The lowest BCUT2D eigenvalue weighted by Crippen LogP contribution is -2.26. The Kier molecular flexibility index (Phi) is 6.69. The molecule has 1 saturated heterocycles. The maximum atomic E-state index is 10.1. The van der Waals surface area contributed by atoms with Gasteiger partial charge in [0.25, 0.3) is 0 Å². The van der Waals surface area contributed by atoms with E-state index in [4.69, 9.17) is 9.47 Å². The molecule has 0 saturated carbocycles. The first-order valence-corrected chi connectivity index (χ1v) is 12.5. The van der Waals surface area contributed by atoms with E-state index in [1.165, 1.54) is 25.9 Å². The highest BCUT2D eigenvalue weighted by atomic mass is 16.5. The third kappa shape index (κ3) is 5.01. The Hall–Kier alpha value is -3.44. The van der Waals surface area contributed by atoms with Crippen molar-refractivity contribution in [1.29, 1.82) is 0 Å². The summed E-state index contributed by atoms with van der Waals surface area (Å²) in [6.07, 6.45) is 2.24. The lowest BCUT2D eigenvalue weighted by molar-refractivity contribution is 0.232. The van der Waals surface area contributed by atoms with Crippen molar-refractivity contribution in [2.75, 3.05) is 26.2 Å². The standard InChI is InChI=1S/C30H33NO4/c1-3-21-14-15-31(19-21)16-17-34-26-11-6-23(7-12-26)30-29(22-4-8-24(32)9-5-22)20(2)27-18-25(33)10-13-28(27)35-30/h4-13,18,21,30,32-33H,3,14-17,19H2,1-2H3/t21-,30?/m1/s1. The topological polar surface area (TPSA) is 62.2 Å². The van der Waals surface area contributed by atoms with Crippen molar-refractivity contribution in [3.63, 3.8) is 0 Å². The molecule has 0 radical (unpaired) electrons. The van der Waals surface area contributed by atoms with Crippen molar-refractivity contribution >= 4 is 11.1 Å². The van der Waals surface area contributed by atoms with Crippen LogP contribution in [0.1, 0.15) is 49.5 Å². The van der Waals surface area contributed by atoms with Gasteiger partial charge in [-0.2, -0.15) is 0 Å². The minimum Gasteiger partial charge on any atom is -0.508 e. The van der Waals surface area contributed by atoms with E-state index in [0.717, 1.165) is 51.8 Å². The molecule has 5 nitrogen and oxygen atoms in total. The van der Waals surface area contributed by atoms with Crippen molar-refractivity contribution in [1.82, 2.24) is 4.90 Å². The fourth-order valence-electron chi connectivity index (χ4n) is 5.17. The van der Waals surface area contributed by atoms with Crippen LogP contribution in [0, 0.1) is 5.92 Å². The zero-order chi connectivity index (χ0) is 24.4. The van der Waals surface area contributed by atoms with Crippen LogP contribution in [0.5, 0.6) is 23.0 Å². The highest BCUT2D eigenvalue weighted by Crippen LogP contribution is 2.47. The Morgan fingerprint density at radius 1 is 0.971 bits per heavy atom. The minimum atomic E-state index is -0.318. The number of rotatable bonds is 7. The third-order valence-corrected chi connectivity index (χ3v) is 7.26. The maximum absolute atomic E-state index is 10.1. The molecule has 1 fully saturated rings. The van der Waals surface area contributed by atoms with E-state index in [0.29, 0.717) is 6.61 Å². The number of allylic oxidation sites excluding steroid dienone is 1. The monoisotopic (exact) mass is 471 g/mol. The second-order valence-corrected chi connectivity index (χ2v) is 9.54. The van der Waals surface area contributed by atoms with Gasteiger partial charge in [-0.05, 0) is 85.0 Å². The quantitative estimate of drug-likeness (QED) is 0.425. The maximum Gasteiger partial charge on any atom is 0.150 e. The van der Waals surface area contributed by atoms with Crippen molar-refractivity contribution < 1.29 is 19.7 Å². The lowest BCUT2D eigenvalue weighted by Gasteiger charge is -2.31. The van der Waals surface area contributed by atoms with Gasteiger partial charge >= 0.3 is 0 Å². The van der Waals surface area contributed by atoms with Gasteiger partial charge in [-0.15, -0.1) is 0 Å². The van der Waals surface area contributed by atoms with E-state index in [-0.39, 0.29) is 17.6 Å². The summed E-state index contributed by atoms with van der Waals surface area (Å²) in [5, 5.41) is 19.8. The largest absolute Gasteiger partial charge is 0.508 e. The second kappa shape index (κ2) is 10.0. The molecule has 1 unspecified atom stereocenters. The van der Waals surface area contributed by atoms with Crippen molar-refractivity contribution in [2.24, 2.45) is 5.92 Å². The Labute approximate surface area is 207 Å². The van der Waals surface area contributed by atoms with Gasteiger partial charge in [-0.25, -0.2) is 0 Å². The Morgan fingerprint density at radius 2 is 1.71 bits per heavy atom. The van der Waals surface area contributed by atoms with Gasteiger partial charge in [0.2, 0.25) is 0 Å². The molecule has 0 bridgehead atoms. The number of hydrogen-bond acceptors (Lipinski definition) is 5. The van der Waals surface area contributed by atoms with Crippen molar-refractivity contribution in [2.45, 2.75) is 32.8 Å². The molecule has 182 valence electrons. The normalized spacial score (nSPS) is 19.9. The summed E-state index contributed by atoms with van der Waals surface area (Å²) >= 11 is 0. The molecule has 35 heavy (non-hydrogen) atoms. The number of phenolic OH excluding ortho intramolecular Hbond substituents is 2. The number of phenols is 2. The zero-order valence-electron chi connectivity index (χ0n) is 20.4. The van der Waals surface area contributed by atoms with Gasteiger partial charge in [0, 0.05) is 24.2 Å². The van der Waals surface area contributed by atoms with Gasteiger partial charge in [0.05, 0.1) is 0 Å². The van der Waals surface area contributed by atoms with Crippen molar-refractivity contribution in [3.05, 3.63) is 83.4 Å². The first kappa shape index (κ1) is 23.3. The molecule has 3 aromatic carbocycles. The molecule has 3 aromatic rings. The molecule has 0 aromatic heterocycles. The first-order chi connectivity index (χ1) is 17.0. The van der Waals surface area contributed by atoms with Gasteiger partial charge in [-0.3, -0.25) is 4.90 Å². The Bertz CT molecular complexity index is 1200. The van der Waals surface area contributed by atoms with Gasteiger partial charge in [0.15, 0.2) is 0 Å². The summed E-state index contributed by atoms with van der Waals surface area (Å²) in [5.74, 6) is 2.85. The Morgan fingerprint density at radius 3 is 2.43 bits per heavy atom.